The van der Waals surface area contributed by atoms with E-state index >= 15 is 0 Å². The van der Waals surface area contributed by atoms with Crippen molar-refractivity contribution < 1.29 is 35.5 Å². The van der Waals surface area contributed by atoms with Crippen LogP contribution in [0.4, 0.5) is 0 Å². The van der Waals surface area contributed by atoms with Gasteiger partial charge in [0.15, 0.2) is 12.1 Å². The summed E-state index contributed by atoms with van der Waals surface area (Å²) >= 11 is 0. The van der Waals surface area contributed by atoms with Crippen molar-refractivity contribution >= 4 is 156 Å². The first-order valence-corrected chi connectivity index (χ1v) is 42.7. The molecule has 2 aromatic heterocycles. The van der Waals surface area contributed by atoms with E-state index in [1.807, 2.05) is 13.8 Å². The lowest BCUT2D eigenvalue weighted by Gasteiger charge is -2.25. The second kappa shape index (κ2) is 18.2. The Morgan fingerprint density at radius 3 is 1.15 bits per heavy atom. The fraction of sp³-hybridized carbons (Fsp3) is 0.333. The van der Waals surface area contributed by atoms with Gasteiger partial charge in [0, 0.05) is 28.1 Å². The summed E-state index contributed by atoms with van der Waals surface area (Å²) in [5.41, 5.74) is 3.46. The first kappa shape index (κ1) is 51.0. The van der Waals surface area contributed by atoms with Crippen molar-refractivity contribution in [3.8, 4) is 0 Å². The molecule has 0 amide bonds. The maximum atomic E-state index is 7.44. The first-order chi connectivity index (χ1) is 35.4. The largest absolute Gasteiger partial charge is 0.408 e. The zero-order valence-electron chi connectivity index (χ0n) is 45.7. The molecule has 2 aliphatic heterocycles. The van der Waals surface area contributed by atoms with Crippen LogP contribution in [-0.4, -0.2) is 69.2 Å². The Labute approximate surface area is 445 Å². The maximum absolute atomic E-state index is 7.44. The summed E-state index contributed by atoms with van der Waals surface area (Å²) in [7, 11) is -12.2. The van der Waals surface area contributed by atoms with E-state index in [-0.39, 0.29) is 0 Å². The van der Waals surface area contributed by atoms with Gasteiger partial charge in [0.1, 0.15) is 40.6 Å². The average molecular weight is 1110 g/mol. The molecular formula is C60H69NO8P2Si4. The highest BCUT2D eigenvalue weighted by Gasteiger charge is 2.56. The number of hydrogen-bond acceptors (Lipinski definition) is 9. The van der Waals surface area contributed by atoms with Gasteiger partial charge in [0.25, 0.3) is 0 Å². The lowest BCUT2D eigenvalue weighted by Crippen LogP contribution is -2.41. The van der Waals surface area contributed by atoms with Gasteiger partial charge in [-0.25, -0.2) is 5.09 Å². The lowest BCUT2D eigenvalue weighted by molar-refractivity contribution is -0.210. The predicted molar refractivity (Wildman–Crippen MR) is 328 cm³/mol. The van der Waals surface area contributed by atoms with Gasteiger partial charge in [-0.1, -0.05) is 200 Å². The van der Waals surface area contributed by atoms with Crippen molar-refractivity contribution in [2.75, 3.05) is 11.6 Å². The van der Waals surface area contributed by atoms with Gasteiger partial charge in [-0.3, -0.25) is 4.52 Å². The van der Waals surface area contributed by atoms with Crippen LogP contribution < -0.4 is 30.4 Å². The Kier molecular flexibility index (Phi) is 12.4. The van der Waals surface area contributed by atoms with E-state index in [0.29, 0.717) is 6.54 Å². The fourth-order valence-electron chi connectivity index (χ4n) is 11.5. The quantitative estimate of drug-likeness (QED) is 0.142. The molecule has 2 saturated heterocycles. The Morgan fingerprint density at radius 1 is 0.467 bits per heavy atom. The zero-order valence-corrected chi connectivity index (χ0v) is 51.5. The SMILES string of the molecule is CC1(C)O[C@H]2O[C@H](CNp3oc4c([Si](C)(C)C)cc5ccccc5c4c4c(o3)c([Si](C)(C)C)cc3ccccc34)[C@@H](Op3oc4c([Si](C)(C)C)cc5ccccc5c4c4c(o3)c([Si](C)(C)C)cc3ccccc34)[C@H]2O1. The van der Waals surface area contributed by atoms with Gasteiger partial charge in [0.2, 0.25) is 0 Å². The number of nitrogens with one attached hydrogen (secondary N) is 1. The fourth-order valence-corrected chi connectivity index (χ4v) is 20.1. The highest BCUT2D eigenvalue weighted by molar-refractivity contribution is 7.38. The molecule has 8 aromatic carbocycles. The minimum absolute atomic E-state index is 0.304. The van der Waals surface area contributed by atoms with Crippen LogP contribution in [0.5, 0.6) is 0 Å². The van der Waals surface area contributed by atoms with E-state index in [1.54, 1.807) is 0 Å². The Morgan fingerprint density at radius 2 is 0.800 bits per heavy atom. The van der Waals surface area contributed by atoms with Gasteiger partial charge in [0.05, 0.1) is 32.3 Å². The smallest absolute Gasteiger partial charge is 0.387 e. The molecule has 9 nitrogen and oxygen atoms in total. The molecule has 15 heteroatoms. The van der Waals surface area contributed by atoms with Crippen LogP contribution in [0, 0.1) is 0 Å². The zero-order chi connectivity index (χ0) is 52.7. The molecule has 0 saturated carbocycles. The van der Waals surface area contributed by atoms with E-state index in [9.17, 15) is 0 Å². The molecule has 388 valence electrons. The summed E-state index contributed by atoms with van der Waals surface area (Å²) in [5.74, 6) is -0.905. The number of ether oxygens (including phenoxy) is 3. The lowest BCUT2D eigenvalue weighted by atomic mass is 9.98. The van der Waals surface area contributed by atoms with Crippen molar-refractivity contribution in [3.05, 3.63) is 121 Å². The monoisotopic (exact) mass is 1110 g/mol. The standard InChI is InChI=1S/C60H69NO8P2Si4/c1-60(2)63-58-53(67-71-68-56-47(74(9,10)11)33-38-25-17-21-29-42(38)51(56)52-43-30-22-18-26-39(43)34-48(57(52)69-71)75(12,13)14)44(62-59(58)64-60)35-61-70-65-54-45(72(3,4)5)31-36-23-15-19-27-40(36)49(54)50-41-28-20-16-24-37(41)32-46(55(50)66-70)73(6,7)8/h15-34,44,53,58-59,61H,35H2,1-14H3/t44-,53-,58-,59-/m1/s1. The van der Waals surface area contributed by atoms with Crippen LogP contribution in [0.2, 0.25) is 78.6 Å². The molecule has 0 unspecified atom stereocenters. The highest BCUT2D eigenvalue weighted by atomic mass is 31.1. The number of hydrogen-bond donors (Lipinski definition) is 1. The average Bonchev–Trinajstić information content (AvgIpc) is 3.71. The number of fused-ring (bicyclic) bond motifs is 15. The molecule has 0 bridgehead atoms. The van der Waals surface area contributed by atoms with Gasteiger partial charge < -0.3 is 31.0 Å². The predicted octanol–water partition coefficient (Wildman–Crippen LogP) is 15.6. The van der Waals surface area contributed by atoms with E-state index in [0.717, 1.165) is 65.4 Å². The van der Waals surface area contributed by atoms with Crippen LogP contribution >= 0.6 is 16.4 Å². The molecule has 4 heterocycles. The molecule has 0 spiro atoms. The van der Waals surface area contributed by atoms with Crippen molar-refractivity contribution in [3.63, 3.8) is 0 Å². The molecule has 0 aliphatic carbocycles. The minimum Gasteiger partial charge on any atom is -0.408 e. The second-order valence-corrected chi connectivity index (χ2v) is 47.7. The van der Waals surface area contributed by atoms with Gasteiger partial charge in [-0.2, -0.15) is 0 Å². The van der Waals surface area contributed by atoms with Crippen LogP contribution in [-0.2, 0) is 14.2 Å². The first-order valence-electron chi connectivity index (χ1n) is 26.4. The molecule has 2 fully saturated rings. The van der Waals surface area contributed by atoms with Crippen LogP contribution in [0.1, 0.15) is 13.8 Å². The van der Waals surface area contributed by atoms with E-state index in [2.05, 4.69) is 205 Å². The Balaban J connectivity index is 1.08. The third-order valence-electron chi connectivity index (χ3n) is 15.1. The Bertz CT molecular complexity index is 3820. The highest BCUT2D eigenvalue weighted by Crippen LogP contribution is 2.46. The Hall–Kier alpha value is -4.73. The molecule has 75 heavy (non-hydrogen) atoms. The molecule has 4 atom stereocenters. The molecule has 10 aromatic rings. The maximum Gasteiger partial charge on any atom is 0.387 e. The minimum atomic E-state index is -2.12. The van der Waals surface area contributed by atoms with Crippen molar-refractivity contribution in [2.45, 2.75) is 123 Å². The van der Waals surface area contributed by atoms with E-state index in [1.165, 1.54) is 42.3 Å². The molecule has 0 radical (unpaired) electrons. The molecule has 12 rings (SSSR count). The van der Waals surface area contributed by atoms with Crippen LogP contribution in [0.25, 0.3) is 87.0 Å². The summed E-state index contributed by atoms with van der Waals surface area (Å²) < 4.78 is 57.4. The van der Waals surface area contributed by atoms with Crippen LogP contribution in [0.3, 0.4) is 0 Å². The van der Waals surface area contributed by atoms with Gasteiger partial charge in [-0.15, -0.1) is 0 Å². The third kappa shape index (κ3) is 9.03. The topological polar surface area (TPSA) is 102 Å². The summed E-state index contributed by atoms with van der Waals surface area (Å²) in [6, 6.07) is 44.3. The summed E-state index contributed by atoms with van der Waals surface area (Å²) in [6.45, 7) is 32.9. The van der Waals surface area contributed by atoms with Gasteiger partial charge >= 0.3 is 16.4 Å². The summed E-state index contributed by atoms with van der Waals surface area (Å²) in [4.78, 5) is 0. The summed E-state index contributed by atoms with van der Waals surface area (Å²) in [5, 5.41) is 22.4. The second-order valence-electron chi connectivity index (χ2n) is 25.3. The third-order valence-corrected chi connectivity index (χ3v) is 25.3. The summed E-state index contributed by atoms with van der Waals surface area (Å²) in [6.07, 6.45) is -2.52. The van der Waals surface area contributed by atoms with Crippen molar-refractivity contribution in [1.82, 2.24) is 0 Å². The van der Waals surface area contributed by atoms with Crippen molar-refractivity contribution in [2.24, 2.45) is 0 Å². The normalized spacial score (nSPS) is 19.4. The van der Waals surface area contributed by atoms with E-state index in [4.69, 9.17) is 35.5 Å². The molecule has 2 aliphatic rings. The van der Waals surface area contributed by atoms with Crippen LogP contribution in [0.15, 0.2) is 138 Å². The van der Waals surface area contributed by atoms with E-state index < -0.39 is 79.1 Å². The molecular weight excluding hydrogens is 1040 g/mol. The number of benzene rings is 8. The van der Waals surface area contributed by atoms with Gasteiger partial charge in [-0.05, 0) is 77.7 Å². The molecule has 1 N–H and O–H groups in total. The van der Waals surface area contributed by atoms with Crippen molar-refractivity contribution in [1.29, 1.82) is 0 Å². The number of rotatable bonds is 9.